The highest BCUT2D eigenvalue weighted by atomic mass is 79.9. The average molecular weight is 401 g/mol. The molecule has 0 amide bonds. The van der Waals surface area contributed by atoms with Crippen molar-refractivity contribution in [3.8, 4) is 11.8 Å². The molecule has 5 heteroatoms. The van der Waals surface area contributed by atoms with Crippen molar-refractivity contribution in [3.05, 3.63) is 68.7 Å². The number of rotatable bonds is 5. The van der Waals surface area contributed by atoms with E-state index in [1.165, 1.54) is 0 Å². The van der Waals surface area contributed by atoms with Gasteiger partial charge in [-0.1, -0.05) is 30.4 Å². The number of nitriles is 1. The molecule has 0 aliphatic carbocycles. The summed E-state index contributed by atoms with van der Waals surface area (Å²) in [6.07, 6.45) is 1.72. The molecule has 0 saturated heterocycles. The van der Waals surface area contributed by atoms with Gasteiger partial charge < -0.3 is 10.5 Å². The highest BCUT2D eigenvalue weighted by molar-refractivity contribution is 9.10. The van der Waals surface area contributed by atoms with E-state index in [0.29, 0.717) is 12.2 Å². The largest absolute Gasteiger partial charge is 0.488 e. The highest BCUT2D eigenvalue weighted by Gasteiger charge is 2.08. The standard InChI is InChI=1S/C19H17BrN2OS/c1-12-7-13(2)16(9-14(12)8-15(10-21)19(22)24)11-23-18-6-4-3-5-17(18)20/h3-9H,11H2,1-2H3,(H2,22,24)/b15-8+. The van der Waals surface area contributed by atoms with Gasteiger partial charge in [-0.15, -0.1) is 0 Å². The van der Waals surface area contributed by atoms with Crippen LogP contribution in [0.1, 0.15) is 22.3 Å². The van der Waals surface area contributed by atoms with Crippen LogP contribution in [0, 0.1) is 25.2 Å². The van der Waals surface area contributed by atoms with Gasteiger partial charge in [0.1, 0.15) is 23.4 Å². The summed E-state index contributed by atoms with van der Waals surface area (Å²) in [7, 11) is 0. The van der Waals surface area contributed by atoms with Gasteiger partial charge in [0, 0.05) is 0 Å². The number of halogens is 1. The molecule has 0 bridgehead atoms. The van der Waals surface area contributed by atoms with Gasteiger partial charge in [-0.05, 0) is 76.3 Å². The first-order valence-corrected chi connectivity index (χ1v) is 8.51. The lowest BCUT2D eigenvalue weighted by atomic mass is 9.98. The second-order valence-corrected chi connectivity index (χ2v) is 6.68. The first-order valence-electron chi connectivity index (χ1n) is 7.31. The number of ether oxygens (including phenoxy) is 1. The number of thiocarbonyl (C=S) groups is 1. The average Bonchev–Trinajstić information content (AvgIpc) is 2.54. The van der Waals surface area contributed by atoms with E-state index in [1.54, 1.807) is 6.08 Å². The summed E-state index contributed by atoms with van der Waals surface area (Å²) in [5.74, 6) is 0.787. The van der Waals surface area contributed by atoms with E-state index in [2.05, 4.69) is 22.0 Å². The topological polar surface area (TPSA) is 59.0 Å². The van der Waals surface area contributed by atoms with Crippen molar-refractivity contribution in [1.29, 1.82) is 5.26 Å². The first-order chi connectivity index (χ1) is 11.4. The molecule has 2 aromatic carbocycles. The highest BCUT2D eigenvalue weighted by Crippen LogP contribution is 2.26. The molecule has 0 aliphatic heterocycles. The maximum Gasteiger partial charge on any atom is 0.133 e. The van der Waals surface area contributed by atoms with Gasteiger partial charge in [-0.25, -0.2) is 0 Å². The van der Waals surface area contributed by atoms with Crippen molar-refractivity contribution in [3.63, 3.8) is 0 Å². The fourth-order valence-electron chi connectivity index (χ4n) is 2.26. The zero-order valence-corrected chi connectivity index (χ0v) is 15.9. The molecule has 2 N–H and O–H groups in total. The van der Waals surface area contributed by atoms with Gasteiger partial charge in [0.2, 0.25) is 0 Å². The van der Waals surface area contributed by atoms with Crippen molar-refractivity contribution in [2.24, 2.45) is 5.73 Å². The Morgan fingerprint density at radius 1 is 1.29 bits per heavy atom. The number of hydrogen-bond donors (Lipinski definition) is 1. The van der Waals surface area contributed by atoms with E-state index in [1.807, 2.05) is 50.2 Å². The van der Waals surface area contributed by atoms with E-state index in [-0.39, 0.29) is 4.99 Å². The van der Waals surface area contributed by atoms with E-state index >= 15 is 0 Å². The van der Waals surface area contributed by atoms with Crippen LogP contribution < -0.4 is 10.5 Å². The quantitative estimate of drug-likeness (QED) is 0.443. The predicted molar refractivity (Wildman–Crippen MR) is 105 cm³/mol. The van der Waals surface area contributed by atoms with E-state index < -0.39 is 0 Å². The molecule has 0 aliphatic rings. The molecule has 0 fully saturated rings. The molecule has 24 heavy (non-hydrogen) atoms. The Labute approximate surface area is 155 Å². The van der Waals surface area contributed by atoms with Crippen LogP contribution in [0.15, 0.2) is 46.4 Å². The molecular weight excluding hydrogens is 384 g/mol. The molecule has 2 aromatic rings. The van der Waals surface area contributed by atoms with E-state index in [9.17, 15) is 0 Å². The fraction of sp³-hybridized carbons (Fsp3) is 0.158. The summed E-state index contributed by atoms with van der Waals surface area (Å²) in [6, 6.07) is 13.8. The Balaban J connectivity index is 2.32. The first kappa shape index (κ1) is 18.2. The predicted octanol–water partition coefficient (Wildman–Crippen LogP) is 4.84. The van der Waals surface area contributed by atoms with E-state index in [4.69, 9.17) is 28.0 Å². The van der Waals surface area contributed by atoms with Crippen LogP contribution in [0.4, 0.5) is 0 Å². The molecule has 0 aromatic heterocycles. The molecule has 0 heterocycles. The summed E-state index contributed by atoms with van der Waals surface area (Å²) < 4.78 is 6.81. The summed E-state index contributed by atoms with van der Waals surface area (Å²) in [6.45, 7) is 4.47. The van der Waals surface area contributed by atoms with Crippen molar-refractivity contribution >= 4 is 39.2 Å². The third-order valence-electron chi connectivity index (χ3n) is 3.63. The Kier molecular flexibility index (Phi) is 6.13. The fourth-order valence-corrected chi connectivity index (χ4v) is 2.76. The van der Waals surface area contributed by atoms with Crippen molar-refractivity contribution in [1.82, 2.24) is 0 Å². The summed E-state index contributed by atoms with van der Waals surface area (Å²) in [5.41, 5.74) is 10.0. The minimum absolute atomic E-state index is 0.100. The minimum atomic E-state index is 0.100. The Hall–Kier alpha value is -2.16. The molecule has 3 nitrogen and oxygen atoms in total. The smallest absolute Gasteiger partial charge is 0.133 e. The van der Waals surface area contributed by atoms with Gasteiger partial charge in [-0.3, -0.25) is 0 Å². The number of nitrogens with zero attached hydrogens (tertiary/aromatic N) is 1. The van der Waals surface area contributed by atoms with Gasteiger partial charge in [0.05, 0.1) is 10.0 Å². The Bertz CT molecular complexity index is 853. The van der Waals surface area contributed by atoms with Crippen LogP contribution in [-0.4, -0.2) is 4.99 Å². The van der Waals surface area contributed by atoms with E-state index in [0.717, 1.165) is 32.5 Å². The van der Waals surface area contributed by atoms with Gasteiger partial charge in [-0.2, -0.15) is 5.26 Å². The van der Waals surface area contributed by atoms with Crippen LogP contribution in [0.3, 0.4) is 0 Å². The van der Waals surface area contributed by atoms with Gasteiger partial charge >= 0.3 is 0 Å². The molecule has 0 radical (unpaired) electrons. The second-order valence-electron chi connectivity index (χ2n) is 5.39. The van der Waals surface area contributed by atoms with Crippen molar-refractivity contribution < 1.29 is 4.74 Å². The second kappa shape index (κ2) is 8.09. The van der Waals surface area contributed by atoms with Crippen LogP contribution in [-0.2, 0) is 6.61 Å². The zero-order chi connectivity index (χ0) is 17.7. The number of hydrogen-bond acceptors (Lipinski definition) is 3. The van der Waals surface area contributed by atoms with Crippen LogP contribution >= 0.6 is 28.1 Å². The van der Waals surface area contributed by atoms with Crippen molar-refractivity contribution in [2.45, 2.75) is 20.5 Å². The molecule has 0 spiro atoms. The Morgan fingerprint density at radius 3 is 2.62 bits per heavy atom. The molecule has 0 saturated carbocycles. The Morgan fingerprint density at radius 2 is 2.00 bits per heavy atom. The lowest BCUT2D eigenvalue weighted by molar-refractivity contribution is 0.303. The number of benzene rings is 2. The summed E-state index contributed by atoms with van der Waals surface area (Å²) in [4.78, 5) is 0.100. The monoisotopic (exact) mass is 400 g/mol. The van der Waals surface area contributed by atoms with Gasteiger partial charge in [0.15, 0.2) is 0 Å². The normalized spacial score (nSPS) is 11.0. The molecule has 0 unspecified atom stereocenters. The number of para-hydroxylation sites is 1. The number of aryl methyl sites for hydroxylation is 2. The molecule has 0 atom stereocenters. The van der Waals surface area contributed by atoms with Crippen LogP contribution in [0.2, 0.25) is 0 Å². The van der Waals surface area contributed by atoms with Crippen LogP contribution in [0.5, 0.6) is 5.75 Å². The van der Waals surface area contributed by atoms with Crippen LogP contribution in [0.25, 0.3) is 6.08 Å². The zero-order valence-electron chi connectivity index (χ0n) is 13.5. The molecular formula is C19H17BrN2OS. The van der Waals surface area contributed by atoms with Crippen molar-refractivity contribution in [2.75, 3.05) is 0 Å². The molecule has 122 valence electrons. The number of nitrogens with two attached hydrogens (primary N) is 1. The maximum absolute atomic E-state index is 9.14. The third-order valence-corrected chi connectivity index (χ3v) is 4.51. The lowest BCUT2D eigenvalue weighted by Gasteiger charge is -2.13. The minimum Gasteiger partial charge on any atom is -0.488 e. The summed E-state index contributed by atoms with van der Waals surface area (Å²) >= 11 is 8.38. The summed E-state index contributed by atoms with van der Waals surface area (Å²) in [5, 5.41) is 9.14. The van der Waals surface area contributed by atoms with Gasteiger partial charge in [0.25, 0.3) is 0 Å². The third kappa shape index (κ3) is 4.44. The SMILES string of the molecule is Cc1cc(C)c(COc2ccccc2Br)cc1/C=C(\C#N)C(N)=S. The molecule has 2 rings (SSSR count). The maximum atomic E-state index is 9.14. The lowest BCUT2D eigenvalue weighted by Crippen LogP contribution is -2.10.